The lowest BCUT2D eigenvalue weighted by Gasteiger charge is -2.07. The van der Waals surface area contributed by atoms with Crippen LogP contribution in [0.3, 0.4) is 0 Å². The third kappa shape index (κ3) is 4.02. The number of nitriles is 1. The van der Waals surface area contributed by atoms with Crippen molar-refractivity contribution in [2.24, 2.45) is 0 Å². The molecular formula is C17H14N6. The standard InChI is InChI=1S/C17H14N6/c18-10-13-6-8-15(9-7-13)21-17-22-16(12-20-23-17)19-11-14-4-2-1-3-5-14/h1-9,12H,11H2,(H2,19,21,22,23). The van der Waals surface area contributed by atoms with Gasteiger partial charge in [-0.1, -0.05) is 30.3 Å². The fraction of sp³-hybridized carbons (Fsp3) is 0.0588. The number of nitrogens with zero attached hydrogens (tertiary/aromatic N) is 4. The van der Waals surface area contributed by atoms with E-state index in [1.807, 2.05) is 30.3 Å². The molecule has 0 bridgehead atoms. The van der Waals surface area contributed by atoms with Crippen molar-refractivity contribution < 1.29 is 0 Å². The van der Waals surface area contributed by atoms with E-state index >= 15 is 0 Å². The first-order chi connectivity index (χ1) is 11.3. The molecule has 0 saturated heterocycles. The van der Waals surface area contributed by atoms with Crippen LogP contribution in [0.5, 0.6) is 0 Å². The minimum atomic E-state index is 0.396. The maximum absolute atomic E-state index is 8.79. The fourth-order valence-electron chi connectivity index (χ4n) is 1.99. The van der Waals surface area contributed by atoms with Crippen molar-refractivity contribution >= 4 is 17.5 Å². The first-order valence-corrected chi connectivity index (χ1v) is 7.08. The summed E-state index contributed by atoms with van der Waals surface area (Å²) in [4.78, 5) is 4.36. The molecule has 0 saturated carbocycles. The van der Waals surface area contributed by atoms with Gasteiger partial charge in [0.1, 0.15) is 0 Å². The Hall–Kier alpha value is -3.46. The molecule has 0 fully saturated rings. The molecule has 0 spiro atoms. The second-order valence-corrected chi connectivity index (χ2v) is 4.82. The average Bonchev–Trinajstić information content (AvgIpc) is 2.62. The van der Waals surface area contributed by atoms with Crippen LogP contribution >= 0.6 is 0 Å². The van der Waals surface area contributed by atoms with E-state index in [0.717, 1.165) is 11.3 Å². The predicted molar refractivity (Wildman–Crippen MR) is 88.0 cm³/mol. The lowest BCUT2D eigenvalue weighted by Crippen LogP contribution is -2.05. The normalized spacial score (nSPS) is 9.87. The number of hydrogen-bond acceptors (Lipinski definition) is 6. The lowest BCUT2D eigenvalue weighted by atomic mass is 10.2. The Balaban J connectivity index is 1.66. The quantitative estimate of drug-likeness (QED) is 0.753. The summed E-state index contributed by atoms with van der Waals surface area (Å²) in [5.41, 5.74) is 2.56. The Morgan fingerprint density at radius 3 is 2.52 bits per heavy atom. The Labute approximate surface area is 133 Å². The van der Waals surface area contributed by atoms with Crippen molar-refractivity contribution in [3.8, 4) is 6.07 Å². The number of anilines is 3. The molecule has 0 aliphatic rings. The summed E-state index contributed by atoms with van der Waals surface area (Å²) in [5.74, 6) is 1.03. The van der Waals surface area contributed by atoms with E-state index in [2.05, 4.69) is 31.9 Å². The van der Waals surface area contributed by atoms with E-state index in [9.17, 15) is 0 Å². The van der Waals surface area contributed by atoms with Gasteiger partial charge in [-0.15, -0.1) is 5.10 Å². The van der Waals surface area contributed by atoms with Crippen LogP contribution < -0.4 is 10.6 Å². The van der Waals surface area contributed by atoms with Gasteiger partial charge in [0.2, 0.25) is 5.95 Å². The van der Waals surface area contributed by atoms with Crippen LogP contribution in [0.4, 0.5) is 17.5 Å². The van der Waals surface area contributed by atoms with Crippen LogP contribution in [0.25, 0.3) is 0 Å². The molecule has 2 aromatic carbocycles. The number of hydrogen-bond donors (Lipinski definition) is 2. The van der Waals surface area contributed by atoms with Gasteiger partial charge in [-0.2, -0.15) is 15.3 Å². The maximum Gasteiger partial charge on any atom is 0.249 e. The summed E-state index contributed by atoms with van der Waals surface area (Å²) < 4.78 is 0. The van der Waals surface area contributed by atoms with Gasteiger partial charge in [-0.05, 0) is 29.8 Å². The van der Waals surface area contributed by atoms with Crippen molar-refractivity contribution in [2.45, 2.75) is 6.54 Å². The van der Waals surface area contributed by atoms with Gasteiger partial charge in [0.05, 0.1) is 17.8 Å². The zero-order valence-corrected chi connectivity index (χ0v) is 12.3. The van der Waals surface area contributed by atoms with E-state index in [1.54, 1.807) is 30.5 Å². The Morgan fingerprint density at radius 2 is 1.78 bits per heavy atom. The molecule has 2 N–H and O–H groups in total. The van der Waals surface area contributed by atoms with Crippen LogP contribution in [0.15, 0.2) is 60.8 Å². The molecule has 3 rings (SSSR count). The van der Waals surface area contributed by atoms with Crippen molar-refractivity contribution in [3.63, 3.8) is 0 Å². The molecule has 23 heavy (non-hydrogen) atoms. The zero-order chi connectivity index (χ0) is 15.9. The molecule has 0 atom stereocenters. The highest BCUT2D eigenvalue weighted by Crippen LogP contribution is 2.14. The Kier molecular flexibility index (Phi) is 4.41. The van der Waals surface area contributed by atoms with E-state index in [-0.39, 0.29) is 0 Å². The zero-order valence-electron chi connectivity index (χ0n) is 12.3. The third-order valence-electron chi connectivity index (χ3n) is 3.15. The summed E-state index contributed by atoms with van der Waals surface area (Å²) in [6.45, 7) is 0.663. The number of nitrogens with one attached hydrogen (secondary N) is 2. The average molecular weight is 302 g/mol. The molecule has 3 aromatic rings. The smallest absolute Gasteiger partial charge is 0.249 e. The van der Waals surface area contributed by atoms with Crippen LogP contribution in [-0.2, 0) is 6.54 Å². The van der Waals surface area contributed by atoms with E-state index in [1.165, 1.54) is 0 Å². The van der Waals surface area contributed by atoms with Crippen LogP contribution in [-0.4, -0.2) is 15.2 Å². The Bertz CT molecular complexity index is 808. The first-order valence-electron chi connectivity index (χ1n) is 7.08. The molecule has 112 valence electrons. The van der Waals surface area contributed by atoms with E-state index in [4.69, 9.17) is 5.26 Å². The van der Waals surface area contributed by atoms with Gasteiger partial charge < -0.3 is 10.6 Å². The van der Waals surface area contributed by atoms with Crippen molar-refractivity contribution in [1.82, 2.24) is 15.2 Å². The third-order valence-corrected chi connectivity index (χ3v) is 3.15. The summed E-state index contributed by atoms with van der Waals surface area (Å²) >= 11 is 0. The highest BCUT2D eigenvalue weighted by atomic mass is 15.3. The molecule has 1 heterocycles. The molecular weight excluding hydrogens is 288 g/mol. The minimum Gasteiger partial charge on any atom is -0.365 e. The second-order valence-electron chi connectivity index (χ2n) is 4.82. The van der Waals surface area contributed by atoms with E-state index < -0.39 is 0 Å². The highest BCUT2D eigenvalue weighted by Gasteiger charge is 2.02. The lowest BCUT2D eigenvalue weighted by molar-refractivity contribution is 0.966. The van der Waals surface area contributed by atoms with Crippen molar-refractivity contribution in [1.29, 1.82) is 5.26 Å². The summed E-state index contributed by atoms with van der Waals surface area (Å²) in [6.07, 6.45) is 1.58. The van der Waals surface area contributed by atoms with Gasteiger partial charge in [0.25, 0.3) is 0 Å². The van der Waals surface area contributed by atoms with Crippen LogP contribution in [0, 0.1) is 11.3 Å². The van der Waals surface area contributed by atoms with Crippen LogP contribution in [0.2, 0.25) is 0 Å². The number of benzene rings is 2. The van der Waals surface area contributed by atoms with Crippen LogP contribution in [0.1, 0.15) is 11.1 Å². The predicted octanol–water partition coefficient (Wildman–Crippen LogP) is 3.10. The molecule has 0 aliphatic carbocycles. The largest absolute Gasteiger partial charge is 0.365 e. The molecule has 0 radical (unpaired) electrons. The molecule has 1 aromatic heterocycles. The topological polar surface area (TPSA) is 86.5 Å². The molecule has 0 aliphatic heterocycles. The van der Waals surface area contributed by atoms with E-state index in [0.29, 0.717) is 23.9 Å². The second kappa shape index (κ2) is 7.00. The number of rotatable bonds is 5. The SMILES string of the molecule is N#Cc1ccc(Nc2nncc(NCc3ccccc3)n2)cc1. The van der Waals surface area contributed by atoms with Crippen molar-refractivity contribution in [3.05, 3.63) is 71.9 Å². The van der Waals surface area contributed by atoms with Crippen molar-refractivity contribution in [2.75, 3.05) is 10.6 Å². The van der Waals surface area contributed by atoms with Gasteiger partial charge >= 0.3 is 0 Å². The summed E-state index contributed by atoms with van der Waals surface area (Å²) in [6, 6.07) is 19.2. The highest BCUT2D eigenvalue weighted by molar-refractivity contribution is 5.55. The summed E-state index contributed by atoms with van der Waals surface area (Å²) in [5, 5.41) is 23.0. The van der Waals surface area contributed by atoms with Gasteiger partial charge in [0.15, 0.2) is 5.82 Å². The summed E-state index contributed by atoms with van der Waals surface area (Å²) in [7, 11) is 0. The van der Waals surface area contributed by atoms with Gasteiger partial charge in [-0.3, -0.25) is 0 Å². The first kappa shape index (κ1) is 14.5. The van der Waals surface area contributed by atoms with Gasteiger partial charge in [-0.25, -0.2) is 0 Å². The maximum atomic E-state index is 8.79. The number of aromatic nitrogens is 3. The minimum absolute atomic E-state index is 0.396. The molecule has 6 nitrogen and oxygen atoms in total. The Morgan fingerprint density at radius 1 is 1.00 bits per heavy atom. The molecule has 0 unspecified atom stereocenters. The fourth-order valence-corrected chi connectivity index (χ4v) is 1.99. The molecule has 0 amide bonds. The monoisotopic (exact) mass is 302 g/mol. The van der Waals surface area contributed by atoms with Gasteiger partial charge in [0, 0.05) is 12.2 Å². The molecule has 6 heteroatoms.